The van der Waals surface area contributed by atoms with Gasteiger partial charge in [0, 0.05) is 0 Å². The SMILES string of the molecule is CC(C)(C)c1ccc(Oc2cc3c4c(c2)[Se]c2ccccc2B4c2cc4c(cc2O3)Oc2cc(Oc3ccc(C(C)(C)C)cc3)cc3c2B4c2ccccc2[Se]3)cc1. The summed E-state index contributed by atoms with van der Waals surface area (Å²) in [4.78, 5) is 0. The molecule has 4 aliphatic heterocycles. The van der Waals surface area contributed by atoms with Crippen molar-refractivity contribution in [3.63, 3.8) is 0 Å². The van der Waals surface area contributed by atoms with Crippen molar-refractivity contribution in [3.8, 4) is 46.0 Å². The van der Waals surface area contributed by atoms with Crippen molar-refractivity contribution in [2.24, 2.45) is 0 Å². The summed E-state index contributed by atoms with van der Waals surface area (Å²) in [5.74, 6) is 6.56. The van der Waals surface area contributed by atoms with Crippen molar-refractivity contribution in [1.82, 2.24) is 0 Å². The number of benzene rings is 7. The number of hydrogen-bond donors (Lipinski definition) is 0. The molecule has 0 saturated heterocycles. The van der Waals surface area contributed by atoms with E-state index in [0.29, 0.717) is 0 Å². The molecule has 0 fully saturated rings. The first kappa shape index (κ1) is 36.0. The zero-order valence-corrected chi connectivity index (χ0v) is 36.7. The van der Waals surface area contributed by atoms with Crippen molar-refractivity contribution >= 4 is 94.0 Å². The van der Waals surface area contributed by atoms with Crippen LogP contribution in [0.3, 0.4) is 0 Å². The summed E-state index contributed by atoms with van der Waals surface area (Å²) in [5, 5.41) is 0. The molecule has 0 radical (unpaired) electrons. The Morgan fingerprint density at radius 2 is 0.810 bits per heavy atom. The monoisotopic (exact) mass is 886 g/mol. The van der Waals surface area contributed by atoms with Crippen LogP contribution < -0.4 is 69.6 Å². The molecule has 11 rings (SSSR count). The minimum absolute atomic E-state index is 0.0374. The molecule has 0 saturated carbocycles. The molecule has 4 nitrogen and oxygen atoms in total. The van der Waals surface area contributed by atoms with Crippen LogP contribution in [0.15, 0.2) is 133 Å². The number of ether oxygens (including phenoxy) is 4. The Balaban J connectivity index is 1.01. The van der Waals surface area contributed by atoms with E-state index < -0.39 is 0 Å². The quantitative estimate of drug-likeness (QED) is 0.233. The Morgan fingerprint density at radius 3 is 1.22 bits per heavy atom. The summed E-state index contributed by atoms with van der Waals surface area (Å²) in [5.41, 5.74) is 10.3. The third-order valence-corrected chi connectivity index (χ3v) is 16.6. The van der Waals surface area contributed by atoms with Gasteiger partial charge >= 0.3 is 356 Å². The van der Waals surface area contributed by atoms with Crippen LogP contribution in [0.1, 0.15) is 52.7 Å². The molecule has 0 N–H and O–H groups in total. The summed E-state index contributed by atoms with van der Waals surface area (Å²) in [6.07, 6.45) is 0. The van der Waals surface area contributed by atoms with E-state index in [2.05, 4.69) is 175 Å². The van der Waals surface area contributed by atoms with E-state index in [1.165, 1.54) is 61.8 Å². The molecular weight excluding hydrogens is 844 g/mol. The van der Waals surface area contributed by atoms with Gasteiger partial charge < -0.3 is 0 Å². The predicted molar refractivity (Wildman–Crippen MR) is 242 cm³/mol. The predicted octanol–water partition coefficient (Wildman–Crippen LogP) is 5.05. The topological polar surface area (TPSA) is 36.9 Å². The van der Waals surface area contributed by atoms with Crippen LogP contribution in [0.5, 0.6) is 46.0 Å². The normalized spacial score (nSPS) is 14.1. The van der Waals surface area contributed by atoms with Crippen LogP contribution >= 0.6 is 0 Å². The number of fused-ring (bicyclic) bond motifs is 8. The molecular formula is C50H40B2O4Se2. The summed E-state index contributed by atoms with van der Waals surface area (Å²) in [6.45, 7) is 13.5. The van der Waals surface area contributed by atoms with Gasteiger partial charge in [-0.2, -0.15) is 0 Å². The van der Waals surface area contributed by atoms with Gasteiger partial charge in [-0.15, -0.1) is 0 Å². The van der Waals surface area contributed by atoms with Crippen LogP contribution in [-0.2, 0) is 10.8 Å². The average Bonchev–Trinajstić information content (AvgIpc) is 3.19. The van der Waals surface area contributed by atoms with Gasteiger partial charge in [-0.05, 0) is 0 Å². The Morgan fingerprint density at radius 1 is 0.397 bits per heavy atom. The van der Waals surface area contributed by atoms with E-state index >= 15 is 0 Å². The molecule has 7 aromatic carbocycles. The van der Waals surface area contributed by atoms with E-state index in [-0.39, 0.29) is 54.2 Å². The summed E-state index contributed by atoms with van der Waals surface area (Å²) in [7, 11) is 0. The van der Waals surface area contributed by atoms with Gasteiger partial charge in [0.25, 0.3) is 0 Å². The van der Waals surface area contributed by atoms with Gasteiger partial charge in [0.2, 0.25) is 0 Å². The zero-order valence-electron chi connectivity index (χ0n) is 33.3. The molecule has 0 bridgehead atoms. The van der Waals surface area contributed by atoms with Gasteiger partial charge in [0.05, 0.1) is 0 Å². The molecule has 58 heavy (non-hydrogen) atoms. The van der Waals surface area contributed by atoms with Crippen molar-refractivity contribution in [1.29, 1.82) is 0 Å². The van der Waals surface area contributed by atoms with E-state index in [9.17, 15) is 0 Å². The van der Waals surface area contributed by atoms with Gasteiger partial charge in [0.15, 0.2) is 0 Å². The Labute approximate surface area is 353 Å². The van der Waals surface area contributed by atoms with Crippen LogP contribution in [0.4, 0.5) is 0 Å². The standard InChI is InChI=1S/C50H40B2O4Se2/c1-49(2,3)29-15-19-31(20-16-29)53-33-23-41-47-45(25-33)57-43-13-9-7-11-35(43)51(47)37-27-38-40(28-39(37)55-41)56-42-24-34(54-32-21-17-30(18-22-32)50(4,5)6)26-46-48(42)52(38)36-12-8-10-14-44(36)58-46/h7-28H,1-6H3. The van der Waals surface area contributed by atoms with Crippen molar-refractivity contribution in [3.05, 3.63) is 145 Å². The molecule has 0 aromatic heterocycles. The molecule has 4 aliphatic rings. The van der Waals surface area contributed by atoms with Crippen LogP contribution in [0, 0.1) is 0 Å². The summed E-state index contributed by atoms with van der Waals surface area (Å²) >= 11 is 0.189. The second-order valence-corrected chi connectivity index (χ2v) is 22.2. The zero-order chi connectivity index (χ0) is 39.5. The fraction of sp³-hybridized carbons (Fsp3) is 0.160. The maximum absolute atomic E-state index is 6.98. The maximum atomic E-state index is 6.98. The molecule has 0 amide bonds. The first-order valence-corrected chi connectivity index (χ1v) is 23.4. The van der Waals surface area contributed by atoms with E-state index in [1.54, 1.807) is 0 Å². The number of hydrogen-bond acceptors (Lipinski definition) is 4. The molecule has 282 valence electrons. The van der Waals surface area contributed by atoms with Gasteiger partial charge in [-0.1, -0.05) is 0 Å². The van der Waals surface area contributed by atoms with Gasteiger partial charge in [0.1, 0.15) is 0 Å². The van der Waals surface area contributed by atoms with Crippen molar-refractivity contribution in [2.75, 3.05) is 0 Å². The first-order valence-electron chi connectivity index (χ1n) is 19.9. The fourth-order valence-electron chi connectivity index (χ4n) is 8.78. The Kier molecular flexibility index (Phi) is 8.21. The molecule has 7 aromatic rings. The van der Waals surface area contributed by atoms with Gasteiger partial charge in [-0.25, -0.2) is 0 Å². The second kappa shape index (κ2) is 13.2. The van der Waals surface area contributed by atoms with Crippen LogP contribution in [0.25, 0.3) is 0 Å². The molecule has 0 aliphatic carbocycles. The van der Waals surface area contributed by atoms with Crippen LogP contribution in [0.2, 0.25) is 0 Å². The first-order chi connectivity index (χ1) is 27.9. The van der Waals surface area contributed by atoms with E-state index in [1.807, 2.05) is 0 Å². The Hall–Kier alpha value is -5.09. The number of rotatable bonds is 4. The molecule has 8 heteroatoms. The molecule has 0 spiro atoms. The minimum atomic E-state index is 0.0374. The van der Waals surface area contributed by atoms with E-state index in [0.717, 1.165) is 46.0 Å². The Bertz CT molecular complexity index is 2630. The van der Waals surface area contributed by atoms with Crippen molar-refractivity contribution in [2.45, 2.75) is 52.4 Å². The average molecular weight is 884 g/mol. The van der Waals surface area contributed by atoms with Gasteiger partial charge in [-0.3, -0.25) is 0 Å². The third kappa shape index (κ3) is 6.04. The van der Waals surface area contributed by atoms with Crippen molar-refractivity contribution < 1.29 is 18.9 Å². The fourth-order valence-corrected chi connectivity index (χ4v) is 13.8. The molecule has 4 heterocycles. The summed E-state index contributed by atoms with van der Waals surface area (Å²) in [6, 6.07) is 48.0. The van der Waals surface area contributed by atoms with Crippen LogP contribution in [-0.4, -0.2) is 43.3 Å². The summed E-state index contributed by atoms with van der Waals surface area (Å²) < 4.78 is 32.5. The third-order valence-electron chi connectivity index (χ3n) is 11.7. The molecule has 0 unspecified atom stereocenters. The second-order valence-electron chi connectivity index (χ2n) is 17.7. The molecule has 0 atom stereocenters. The van der Waals surface area contributed by atoms with E-state index in [4.69, 9.17) is 18.9 Å².